The lowest BCUT2D eigenvalue weighted by atomic mass is 9.84. The number of hydrogen-bond acceptors (Lipinski definition) is 11. The fourth-order valence-corrected chi connectivity index (χ4v) is 8.66. The number of hydrogen-bond donors (Lipinski definition) is 3. The summed E-state index contributed by atoms with van der Waals surface area (Å²) in [5, 5.41) is 8.61. The van der Waals surface area contributed by atoms with E-state index in [1.165, 1.54) is 9.58 Å². The van der Waals surface area contributed by atoms with Crippen molar-refractivity contribution in [1.29, 1.82) is 0 Å². The average molecular weight is 839 g/mol. The van der Waals surface area contributed by atoms with E-state index in [1.807, 2.05) is 53.7 Å². The number of alkyl halides is 3. The summed E-state index contributed by atoms with van der Waals surface area (Å²) >= 11 is 1.11. The molecule has 3 aromatic heterocycles. The van der Waals surface area contributed by atoms with Crippen LogP contribution in [0.4, 0.5) is 13.2 Å². The molecule has 2 fully saturated rings. The fourth-order valence-electron chi connectivity index (χ4n) is 7.97. The quantitative estimate of drug-likeness (QED) is 0.176. The van der Waals surface area contributed by atoms with Crippen LogP contribution in [0.2, 0.25) is 0 Å². The first-order chi connectivity index (χ1) is 28.0. The highest BCUT2D eigenvalue weighted by Crippen LogP contribution is 2.43. The highest BCUT2D eigenvalue weighted by molar-refractivity contribution is 7.09. The smallest absolute Gasteiger partial charge is 0.406 e. The second-order valence-electron chi connectivity index (χ2n) is 17.4. The summed E-state index contributed by atoms with van der Waals surface area (Å²) < 4.78 is 61.4. The van der Waals surface area contributed by atoms with Gasteiger partial charge in [-0.25, -0.2) is 10.4 Å². The molecule has 0 aliphatic carbocycles. The maximum atomic E-state index is 14.5. The molecule has 3 N–H and O–H groups in total. The summed E-state index contributed by atoms with van der Waals surface area (Å²) in [7, 11) is 0. The molecule has 3 aliphatic heterocycles. The summed E-state index contributed by atoms with van der Waals surface area (Å²) in [6, 6.07) is 6.88. The Morgan fingerprint density at radius 3 is 2.63 bits per heavy atom. The molecule has 0 radical (unpaired) electrons. The van der Waals surface area contributed by atoms with Gasteiger partial charge in [-0.3, -0.25) is 24.4 Å². The molecule has 3 atom stereocenters. The van der Waals surface area contributed by atoms with E-state index in [-0.39, 0.29) is 49.9 Å². The summed E-state index contributed by atoms with van der Waals surface area (Å²) in [5.74, 6) is -1.73. The second-order valence-corrected chi connectivity index (χ2v) is 18.1. The summed E-state index contributed by atoms with van der Waals surface area (Å²) in [6.45, 7) is 12.3. The van der Waals surface area contributed by atoms with E-state index >= 15 is 0 Å². The van der Waals surface area contributed by atoms with Gasteiger partial charge in [-0.15, -0.1) is 0 Å². The van der Waals surface area contributed by atoms with E-state index in [2.05, 4.69) is 25.4 Å². The van der Waals surface area contributed by atoms with Gasteiger partial charge in [0, 0.05) is 59.7 Å². The zero-order valence-electron chi connectivity index (χ0n) is 34.3. The largest absolute Gasteiger partial charge is 0.464 e. The standard InChI is InChI=1S/C42H53F3N8O5S/c1-23(2)30(20-57-26-18-46-19-26)37(54)48-32-16-34-49-38(59-51-34)25-11-12-33-28(15-25)29(17-41(5,6)22-58-40(56)31-10-8-14-53(50-31)39(32)55)36(52(33)21-42(43,44)45)27-9-7-13-47-35(27)24(3)4/h7,9,11-13,15,23-24,26,30-32,46,50H,8,10,14,16-22H2,1-6H3,(H,48,54)/t30-,31-,32-/m0/s1. The van der Waals surface area contributed by atoms with E-state index in [1.54, 1.807) is 24.4 Å². The maximum absolute atomic E-state index is 14.5. The molecule has 6 bridgehead atoms. The normalized spacial score (nSPS) is 21.0. The lowest BCUT2D eigenvalue weighted by Gasteiger charge is -2.36. The Balaban J connectivity index is 1.33. The molecule has 13 nitrogen and oxygen atoms in total. The molecule has 1 aromatic carbocycles. The van der Waals surface area contributed by atoms with Crippen LogP contribution in [-0.2, 0) is 43.2 Å². The van der Waals surface area contributed by atoms with Gasteiger partial charge in [0.25, 0.3) is 5.91 Å². The Labute approximate surface area is 346 Å². The number of ether oxygens (including phenoxy) is 2. The predicted molar refractivity (Wildman–Crippen MR) is 217 cm³/mol. The van der Waals surface area contributed by atoms with Gasteiger partial charge < -0.3 is 24.7 Å². The minimum atomic E-state index is -4.54. The minimum absolute atomic E-state index is 0.0252. The summed E-state index contributed by atoms with van der Waals surface area (Å²) in [5.41, 5.74) is 5.68. The third kappa shape index (κ3) is 9.63. The van der Waals surface area contributed by atoms with Crippen LogP contribution in [0.25, 0.3) is 32.7 Å². The number of carbonyl (C=O) groups is 3. The predicted octanol–water partition coefficient (Wildman–Crippen LogP) is 5.82. The summed E-state index contributed by atoms with van der Waals surface area (Å²) in [4.78, 5) is 51.3. The first kappa shape index (κ1) is 42.7. The monoisotopic (exact) mass is 838 g/mol. The highest BCUT2D eigenvalue weighted by atomic mass is 32.1. The van der Waals surface area contributed by atoms with Gasteiger partial charge in [-0.05, 0) is 78.5 Å². The van der Waals surface area contributed by atoms with Crippen LogP contribution < -0.4 is 16.1 Å². The molecule has 4 aromatic rings. The van der Waals surface area contributed by atoms with Crippen LogP contribution in [0.1, 0.15) is 77.4 Å². The molecule has 2 amide bonds. The van der Waals surface area contributed by atoms with Gasteiger partial charge in [0.05, 0.1) is 36.6 Å². The highest BCUT2D eigenvalue weighted by Gasteiger charge is 2.38. The van der Waals surface area contributed by atoms with Crippen molar-refractivity contribution in [2.45, 2.75) is 104 Å². The van der Waals surface area contributed by atoms with E-state index in [0.29, 0.717) is 82.3 Å². The number of hydrazine groups is 1. The van der Waals surface area contributed by atoms with Crippen molar-refractivity contribution >= 4 is 40.2 Å². The van der Waals surface area contributed by atoms with Crippen molar-refractivity contribution in [2.24, 2.45) is 17.3 Å². The Bertz CT molecular complexity index is 2180. The number of benzene rings is 1. The number of fused-ring (bicyclic) bond motifs is 6. The SMILES string of the molecule is CC(C)c1ncccc1-c1c2c3cc(ccc3n1CC(F)(F)F)-c1nc(ns1)C[C@H](NC(=O)[C@@H](COC1CNC1)C(C)C)C(=O)N1CCC[C@H](N1)C(=O)OCC(C)(C)C2. The Morgan fingerprint density at radius 1 is 1.15 bits per heavy atom. The Morgan fingerprint density at radius 2 is 1.93 bits per heavy atom. The van der Waals surface area contributed by atoms with Crippen molar-refractivity contribution in [3.05, 3.63) is 53.6 Å². The molecule has 0 saturated carbocycles. The van der Waals surface area contributed by atoms with Crippen LogP contribution in [-0.4, -0.2) is 98.9 Å². The van der Waals surface area contributed by atoms with E-state index in [4.69, 9.17) is 14.5 Å². The molecule has 318 valence electrons. The number of amides is 2. The number of halogens is 3. The molecule has 6 heterocycles. The van der Waals surface area contributed by atoms with Crippen LogP contribution in [0.3, 0.4) is 0 Å². The van der Waals surface area contributed by atoms with E-state index < -0.39 is 48.0 Å². The van der Waals surface area contributed by atoms with E-state index in [0.717, 1.165) is 11.5 Å². The van der Waals surface area contributed by atoms with Crippen molar-refractivity contribution in [1.82, 2.24) is 40.0 Å². The topological polar surface area (TPSA) is 153 Å². The van der Waals surface area contributed by atoms with Gasteiger partial charge in [0.15, 0.2) is 0 Å². The van der Waals surface area contributed by atoms with Crippen LogP contribution >= 0.6 is 11.5 Å². The fraction of sp³-hybridized carbons (Fsp3) is 0.571. The minimum Gasteiger partial charge on any atom is -0.464 e. The number of cyclic esters (lactones) is 1. The molecular formula is C42H53F3N8O5S. The van der Waals surface area contributed by atoms with Gasteiger partial charge >= 0.3 is 12.1 Å². The molecular weight excluding hydrogens is 786 g/mol. The second kappa shape index (κ2) is 17.3. The van der Waals surface area contributed by atoms with Gasteiger partial charge in [-0.1, -0.05) is 41.5 Å². The molecule has 0 spiro atoms. The molecule has 2 saturated heterocycles. The maximum Gasteiger partial charge on any atom is 0.406 e. The third-order valence-corrected chi connectivity index (χ3v) is 12.1. The van der Waals surface area contributed by atoms with Gasteiger partial charge in [0.2, 0.25) is 5.91 Å². The third-order valence-electron chi connectivity index (χ3n) is 11.3. The molecule has 7 rings (SSSR count). The number of esters is 1. The molecule has 59 heavy (non-hydrogen) atoms. The van der Waals surface area contributed by atoms with Crippen molar-refractivity contribution in [3.63, 3.8) is 0 Å². The van der Waals surface area contributed by atoms with Crippen LogP contribution in [0.5, 0.6) is 0 Å². The number of carbonyl (C=O) groups excluding carboxylic acids is 3. The van der Waals surface area contributed by atoms with Crippen molar-refractivity contribution < 1.29 is 37.0 Å². The lowest BCUT2D eigenvalue weighted by Crippen LogP contribution is -2.61. The van der Waals surface area contributed by atoms with Crippen LogP contribution in [0.15, 0.2) is 36.5 Å². The van der Waals surface area contributed by atoms with Crippen molar-refractivity contribution in [3.8, 4) is 21.8 Å². The van der Waals surface area contributed by atoms with Gasteiger partial charge in [-0.2, -0.15) is 17.5 Å². The average Bonchev–Trinajstić information content (AvgIpc) is 3.74. The Hall–Kier alpha value is -4.45. The number of aromatic nitrogens is 4. The zero-order valence-corrected chi connectivity index (χ0v) is 35.1. The zero-order chi connectivity index (χ0) is 42.2. The van der Waals surface area contributed by atoms with E-state index in [9.17, 15) is 27.6 Å². The number of rotatable bonds is 9. The van der Waals surface area contributed by atoms with Crippen LogP contribution in [0, 0.1) is 17.3 Å². The number of pyridine rings is 1. The molecule has 0 unspecified atom stereocenters. The van der Waals surface area contributed by atoms with Gasteiger partial charge in [0.1, 0.15) is 29.5 Å². The summed E-state index contributed by atoms with van der Waals surface area (Å²) in [6.07, 6.45) is -1.73. The number of nitrogens with one attached hydrogen (secondary N) is 3. The Kier molecular flexibility index (Phi) is 12.5. The number of nitrogens with zero attached hydrogens (tertiary/aromatic N) is 5. The molecule has 17 heteroatoms. The first-order valence-corrected chi connectivity index (χ1v) is 21.1. The lowest BCUT2D eigenvalue weighted by molar-refractivity contribution is -0.155. The van der Waals surface area contributed by atoms with Crippen molar-refractivity contribution in [2.75, 3.05) is 32.8 Å². The first-order valence-electron chi connectivity index (χ1n) is 20.3. The molecule has 3 aliphatic rings.